The van der Waals surface area contributed by atoms with Gasteiger partial charge in [0.25, 0.3) is 5.69 Å². The lowest BCUT2D eigenvalue weighted by atomic mass is 10.0. The van der Waals surface area contributed by atoms with E-state index < -0.39 is 4.92 Å². The first-order valence-electron chi connectivity index (χ1n) is 4.80. The molecule has 1 aromatic rings. The highest BCUT2D eigenvalue weighted by Gasteiger charge is 2.24. The van der Waals surface area contributed by atoms with Crippen LogP contribution < -0.4 is 4.74 Å². The van der Waals surface area contributed by atoms with Crippen LogP contribution >= 0.6 is 11.6 Å². The molecule has 1 heterocycles. The third-order valence-corrected chi connectivity index (χ3v) is 2.78. The van der Waals surface area contributed by atoms with E-state index in [0.29, 0.717) is 11.6 Å². The molecule has 6 heteroatoms. The van der Waals surface area contributed by atoms with Gasteiger partial charge in [-0.2, -0.15) is 0 Å². The number of nitrogens with zero attached hydrogens (tertiary/aromatic N) is 2. The van der Waals surface area contributed by atoms with Crippen molar-refractivity contribution in [1.29, 1.82) is 0 Å². The van der Waals surface area contributed by atoms with Crippen molar-refractivity contribution in [3.05, 3.63) is 27.9 Å². The second-order valence-electron chi connectivity index (χ2n) is 3.48. The fourth-order valence-electron chi connectivity index (χ4n) is 1.27. The van der Waals surface area contributed by atoms with E-state index in [1.54, 1.807) is 13.8 Å². The van der Waals surface area contributed by atoms with Crippen LogP contribution in [-0.2, 0) is 0 Å². The van der Waals surface area contributed by atoms with Crippen molar-refractivity contribution in [2.45, 2.75) is 25.1 Å². The molecule has 88 valence electrons. The molecule has 0 fully saturated rings. The summed E-state index contributed by atoms with van der Waals surface area (Å²) in [7, 11) is 1.47. The van der Waals surface area contributed by atoms with Crippen molar-refractivity contribution in [1.82, 2.24) is 4.98 Å². The number of nitro groups is 1. The quantitative estimate of drug-likeness (QED) is 0.464. The maximum Gasteiger partial charge on any atom is 0.291 e. The standard InChI is InChI=1S/C10H13ClN2O3/c1-6(7(2)11)10-8(13(14)15)4-5-9(12-10)16-3/h4-7H,1-3H3. The van der Waals surface area contributed by atoms with Crippen LogP contribution in [0.25, 0.3) is 0 Å². The summed E-state index contributed by atoms with van der Waals surface area (Å²) in [5, 5.41) is 10.6. The van der Waals surface area contributed by atoms with Crippen LogP contribution in [0.4, 0.5) is 5.69 Å². The molecule has 0 aliphatic heterocycles. The number of methoxy groups -OCH3 is 1. The predicted molar refractivity (Wildman–Crippen MR) is 61.2 cm³/mol. The molecule has 0 bridgehead atoms. The lowest BCUT2D eigenvalue weighted by molar-refractivity contribution is -0.386. The molecule has 0 aliphatic rings. The molecule has 5 nitrogen and oxygen atoms in total. The Balaban J connectivity index is 3.25. The van der Waals surface area contributed by atoms with Crippen LogP contribution in [0.1, 0.15) is 25.5 Å². The zero-order valence-electron chi connectivity index (χ0n) is 9.31. The van der Waals surface area contributed by atoms with Gasteiger partial charge >= 0.3 is 0 Å². The maximum absolute atomic E-state index is 10.8. The van der Waals surface area contributed by atoms with Gasteiger partial charge in [0.05, 0.1) is 12.0 Å². The molecule has 2 atom stereocenters. The largest absolute Gasteiger partial charge is 0.481 e. The Labute approximate surface area is 98.5 Å². The smallest absolute Gasteiger partial charge is 0.291 e. The first kappa shape index (κ1) is 12.7. The molecule has 0 spiro atoms. The topological polar surface area (TPSA) is 65.3 Å². The number of alkyl halides is 1. The Hall–Kier alpha value is -1.36. The lowest BCUT2D eigenvalue weighted by Crippen LogP contribution is -2.10. The molecule has 16 heavy (non-hydrogen) atoms. The second-order valence-corrected chi connectivity index (χ2v) is 4.17. The normalized spacial score (nSPS) is 14.2. The van der Waals surface area contributed by atoms with Gasteiger partial charge in [-0.05, 0) is 6.92 Å². The number of hydrogen-bond donors (Lipinski definition) is 0. The summed E-state index contributed by atoms with van der Waals surface area (Å²) in [4.78, 5) is 14.5. The van der Waals surface area contributed by atoms with Gasteiger partial charge in [0.15, 0.2) is 0 Å². The summed E-state index contributed by atoms with van der Waals surface area (Å²) in [5.74, 6) is 0.141. The minimum atomic E-state index is -0.461. The number of ether oxygens (including phenoxy) is 1. The average Bonchev–Trinajstić information content (AvgIpc) is 2.26. The number of rotatable bonds is 4. The van der Waals surface area contributed by atoms with E-state index in [2.05, 4.69) is 4.98 Å². The molecular formula is C10H13ClN2O3. The van der Waals surface area contributed by atoms with Gasteiger partial charge in [0, 0.05) is 23.4 Å². The molecule has 2 unspecified atom stereocenters. The molecule has 0 aliphatic carbocycles. The van der Waals surface area contributed by atoms with E-state index in [-0.39, 0.29) is 17.0 Å². The van der Waals surface area contributed by atoms with Crippen LogP contribution in [0.3, 0.4) is 0 Å². The van der Waals surface area contributed by atoms with Gasteiger partial charge in [-0.3, -0.25) is 10.1 Å². The van der Waals surface area contributed by atoms with E-state index in [1.807, 2.05) is 0 Å². The number of aromatic nitrogens is 1. The molecule has 0 amide bonds. The van der Waals surface area contributed by atoms with Gasteiger partial charge in [-0.25, -0.2) is 4.98 Å². The molecule has 0 radical (unpaired) electrons. The number of halogens is 1. The minimum absolute atomic E-state index is 0.0270. The Morgan fingerprint density at radius 1 is 1.50 bits per heavy atom. The molecule has 1 aromatic heterocycles. The third kappa shape index (κ3) is 2.61. The first-order chi connectivity index (χ1) is 7.47. The van der Waals surface area contributed by atoms with Gasteiger partial charge in [0.2, 0.25) is 5.88 Å². The summed E-state index contributed by atoms with van der Waals surface area (Å²) in [6, 6.07) is 2.85. The van der Waals surface area contributed by atoms with Crippen LogP contribution in [0.15, 0.2) is 12.1 Å². The summed E-state index contributed by atoms with van der Waals surface area (Å²) in [6.45, 7) is 3.57. The second kappa shape index (κ2) is 5.12. The monoisotopic (exact) mass is 244 g/mol. The zero-order chi connectivity index (χ0) is 12.3. The Morgan fingerprint density at radius 3 is 2.56 bits per heavy atom. The Kier molecular flexibility index (Phi) is 4.06. The Morgan fingerprint density at radius 2 is 2.12 bits per heavy atom. The minimum Gasteiger partial charge on any atom is -0.481 e. The summed E-state index contributed by atoms with van der Waals surface area (Å²) in [6.07, 6.45) is 0. The third-order valence-electron chi connectivity index (χ3n) is 2.40. The van der Waals surface area contributed by atoms with Crippen molar-refractivity contribution in [2.24, 2.45) is 0 Å². The Bertz CT molecular complexity index is 396. The van der Waals surface area contributed by atoms with Gasteiger partial charge < -0.3 is 4.74 Å². The molecule has 0 N–H and O–H groups in total. The molecule has 0 saturated heterocycles. The van der Waals surface area contributed by atoms with Crippen LogP contribution in [0, 0.1) is 10.1 Å². The fraction of sp³-hybridized carbons (Fsp3) is 0.500. The lowest BCUT2D eigenvalue weighted by Gasteiger charge is -2.13. The summed E-state index contributed by atoms with van der Waals surface area (Å²) < 4.78 is 4.94. The van der Waals surface area contributed by atoms with E-state index >= 15 is 0 Å². The SMILES string of the molecule is COc1ccc([N+](=O)[O-])c(C(C)C(C)Cl)n1. The first-order valence-corrected chi connectivity index (χ1v) is 5.24. The average molecular weight is 245 g/mol. The predicted octanol–water partition coefficient (Wildman–Crippen LogP) is 2.73. The van der Waals surface area contributed by atoms with E-state index in [0.717, 1.165) is 0 Å². The van der Waals surface area contributed by atoms with Crippen LogP contribution in [-0.4, -0.2) is 22.4 Å². The zero-order valence-corrected chi connectivity index (χ0v) is 10.1. The fourth-order valence-corrected chi connectivity index (χ4v) is 1.39. The van der Waals surface area contributed by atoms with Gasteiger partial charge in [-0.15, -0.1) is 11.6 Å². The highest BCUT2D eigenvalue weighted by atomic mass is 35.5. The number of pyridine rings is 1. The highest BCUT2D eigenvalue weighted by molar-refractivity contribution is 6.20. The van der Waals surface area contributed by atoms with Gasteiger partial charge in [0.1, 0.15) is 5.69 Å². The van der Waals surface area contributed by atoms with Crippen molar-refractivity contribution in [2.75, 3.05) is 7.11 Å². The van der Waals surface area contributed by atoms with Crippen molar-refractivity contribution in [3.63, 3.8) is 0 Å². The van der Waals surface area contributed by atoms with E-state index in [9.17, 15) is 10.1 Å². The maximum atomic E-state index is 10.8. The summed E-state index contributed by atoms with van der Waals surface area (Å²) >= 11 is 5.93. The van der Waals surface area contributed by atoms with E-state index in [1.165, 1.54) is 19.2 Å². The number of hydrogen-bond acceptors (Lipinski definition) is 4. The van der Waals surface area contributed by atoms with Crippen molar-refractivity contribution < 1.29 is 9.66 Å². The van der Waals surface area contributed by atoms with Crippen LogP contribution in [0.2, 0.25) is 0 Å². The molecular weight excluding hydrogens is 232 g/mol. The molecule has 0 aromatic carbocycles. The van der Waals surface area contributed by atoms with E-state index in [4.69, 9.17) is 16.3 Å². The van der Waals surface area contributed by atoms with Crippen molar-refractivity contribution >= 4 is 17.3 Å². The van der Waals surface area contributed by atoms with Crippen LogP contribution in [0.5, 0.6) is 5.88 Å². The van der Waals surface area contributed by atoms with Crippen molar-refractivity contribution in [3.8, 4) is 5.88 Å². The summed E-state index contributed by atoms with van der Waals surface area (Å²) in [5.41, 5.74) is 0.327. The highest BCUT2D eigenvalue weighted by Crippen LogP contribution is 2.30. The van der Waals surface area contributed by atoms with Gasteiger partial charge in [-0.1, -0.05) is 6.92 Å². The molecule has 0 saturated carbocycles. The molecule has 1 rings (SSSR count).